The fourth-order valence-corrected chi connectivity index (χ4v) is 2.63. The van der Waals surface area contributed by atoms with E-state index in [1.165, 1.54) is 5.56 Å². The van der Waals surface area contributed by atoms with Gasteiger partial charge in [-0.3, -0.25) is 0 Å². The molecule has 0 N–H and O–H groups in total. The van der Waals surface area contributed by atoms with Crippen molar-refractivity contribution in [3.8, 4) is 23.0 Å². The molecule has 4 rings (SSSR count). The maximum absolute atomic E-state index is 5.36. The van der Waals surface area contributed by atoms with Crippen LogP contribution in [0.4, 0.5) is 0 Å². The molecule has 4 aromatic rings. The van der Waals surface area contributed by atoms with E-state index in [1.807, 2.05) is 55.5 Å². The molecule has 0 saturated carbocycles. The van der Waals surface area contributed by atoms with Gasteiger partial charge in [-0.15, -0.1) is 5.10 Å². The minimum absolute atomic E-state index is 0.410. The number of para-hydroxylation sites is 1. The fourth-order valence-electron chi connectivity index (χ4n) is 2.63. The molecular weight excluding hydrogens is 330 g/mol. The first-order chi connectivity index (χ1) is 12.7. The zero-order chi connectivity index (χ0) is 17.9. The Hall–Kier alpha value is -3.48. The molecule has 2 aromatic carbocycles. The minimum atomic E-state index is 0.410. The Labute approximate surface area is 150 Å². The molecule has 0 spiro atoms. The van der Waals surface area contributed by atoms with Gasteiger partial charge in [-0.05, 0) is 25.1 Å². The second kappa shape index (κ2) is 6.79. The SMILES string of the molecule is COc1ccccc1Cc1nc(-c2cn(-c3ccc(C)cc3)nn2)no1. The largest absolute Gasteiger partial charge is 0.496 e. The van der Waals surface area contributed by atoms with Crippen molar-refractivity contribution in [2.24, 2.45) is 0 Å². The molecule has 2 heterocycles. The van der Waals surface area contributed by atoms with Crippen molar-refractivity contribution in [2.45, 2.75) is 13.3 Å². The van der Waals surface area contributed by atoms with Crippen LogP contribution in [0.2, 0.25) is 0 Å². The second-order valence-electron chi connectivity index (χ2n) is 5.88. The van der Waals surface area contributed by atoms with E-state index in [9.17, 15) is 0 Å². The molecule has 0 unspecified atom stereocenters. The molecule has 0 amide bonds. The minimum Gasteiger partial charge on any atom is -0.496 e. The lowest BCUT2D eigenvalue weighted by Crippen LogP contribution is -1.94. The van der Waals surface area contributed by atoms with Gasteiger partial charge in [-0.25, -0.2) is 4.68 Å². The third kappa shape index (κ3) is 3.19. The highest BCUT2D eigenvalue weighted by atomic mass is 16.5. The molecule has 0 aliphatic carbocycles. The van der Waals surface area contributed by atoms with Gasteiger partial charge in [0.05, 0.1) is 25.4 Å². The molecule has 26 heavy (non-hydrogen) atoms. The molecule has 7 heteroatoms. The maximum atomic E-state index is 5.36. The Kier molecular flexibility index (Phi) is 4.18. The normalized spacial score (nSPS) is 10.8. The summed E-state index contributed by atoms with van der Waals surface area (Å²) in [6, 6.07) is 15.8. The van der Waals surface area contributed by atoms with Crippen LogP contribution < -0.4 is 4.74 Å². The van der Waals surface area contributed by atoms with Crippen LogP contribution in [-0.4, -0.2) is 32.2 Å². The predicted molar refractivity (Wildman–Crippen MR) is 95.2 cm³/mol. The van der Waals surface area contributed by atoms with Crippen molar-refractivity contribution in [2.75, 3.05) is 7.11 Å². The first-order valence-electron chi connectivity index (χ1n) is 8.17. The van der Waals surface area contributed by atoms with Crippen molar-refractivity contribution >= 4 is 0 Å². The van der Waals surface area contributed by atoms with Gasteiger partial charge in [0.15, 0.2) is 5.69 Å². The Balaban J connectivity index is 1.56. The van der Waals surface area contributed by atoms with Crippen molar-refractivity contribution in [1.29, 1.82) is 0 Å². The van der Waals surface area contributed by atoms with Gasteiger partial charge in [-0.2, -0.15) is 4.98 Å². The quantitative estimate of drug-likeness (QED) is 0.551. The fraction of sp³-hybridized carbons (Fsp3) is 0.158. The van der Waals surface area contributed by atoms with Crippen LogP contribution in [0.25, 0.3) is 17.2 Å². The van der Waals surface area contributed by atoms with E-state index in [4.69, 9.17) is 9.26 Å². The number of rotatable bonds is 5. The van der Waals surface area contributed by atoms with Crippen molar-refractivity contribution in [3.63, 3.8) is 0 Å². The molecule has 0 aliphatic rings. The summed E-state index contributed by atoms with van der Waals surface area (Å²) in [7, 11) is 1.64. The van der Waals surface area contributed by atoms with Crippen LogP contribution in [0, 0.1) is 6.92 Å². The zero-order valence-electron chi connectivity index (χ0n) is 14.5. The number of benzene rings is 2. The van der Waals surface area contributed by atoms with Gasteiger partial charge in [0, 0.05) is 5.56 Å². The molecule has 130 valence electrons. The lowest BCUT2D eigenvalue weighted by Gasteiger charge is -2.04. The number of methoxy groups -OCH3 is 1. The molecule has 0 aliphatic heterocycles. The summed E-state index contributed by atoms with van der Waals surface area (Å²) in [5.74, 6) is 1.69. The molecule has 0 bridgehead atoms. The zero-order valence-corrected chi connectivity index (χ0v) is 14.5. The molecular formula is C19H17N5O2. The summed E-state index contributed by atoms with van der Waals surface area (Å²) in [6.45, 7) is 2.04. The lowest BCUT2D eigenvalue weighted by molar-refractivity contribution is 0.379. The topological polar surface area (TPSA) is 78.9 Å². The summed E-state index contributed by atoms with van der Waals surface area (Å²) in [5, 5.41) is 12.3. The Morgan fingerprint density at radius 3 is 2.69 bits per heavy atom. The summed E-state index contributed by atoms with van der Waals surface area (Å²) in [5.41, 5.74) is 3.65. The highest BCUT2D eigenvalue weighted by molar-refractivity contribution is 5.47. The second-order valence-corrected chi connectivity index (χ2v) is 5.88. The highest BCUT2D eigenvalue weighted by Crippen LogP contribution is 2.22. The summed E-state index contributed by atoms with van der Waals surface area (Å²) in [4.78, 5) is 4.42. The Morgan fingerprint density at radius 2 is 1.88 bits per heavy atom. The van der Waals surface area contributed by atoms with Gasteiger partial charge in [0.1, 0.15) is 5.75 Å². The van der Waals surface area contributed by atoms with Crippen molar-refractivity contribution < 1.29 is 9.26 Å². The first kappa shape index (κ1) is 16.0. The smallest absolute Gasteiger partial charge is 0.231 e. The number of hydrogen-bond acceptors (Lipinski definition) is 6. The van der Waals surface area contributed by atoms with Crippen LogP contribution in [0.15, 0.2) is 59.3 Å². The number of hydrogen-bond donors (Lipinski definition) is 0. The average molecular weight is 347 g/mol. The molecule has 0 fully saturated rings. The van der Waals surface area contributed by atoms with E-state index >= 15 is 0 Å². The number of aryl methyl sites for hydroxylation is 1. The van der Waals surface area contributed by atoms with E-state index in [-0.39, 0.29) is 0 Å². The third-order valence-corrected chi connectivity index (χ3v) is 4.02. The van der Waals surface area contributed by atoms with Crippen molar-refractivity contribution in [3.05, 3.63) is 71.7 Å². The monoisotopic (exact) mass is 347 g/mol. The van der Waals surface area contributed by atoms with E-state index < -0.39 is 0 Å². The molecule has 0 atom stereocenters. The maximum Gasteiger partial charge on any atom is 0.231 e. The van der Waals surface area contributed by atoms with E-state index in [0.29, 0.717) is 23.8 Å². The summed E-state index contributed by atoms with van der Waals surface area (Å²) < 4.78 is 12.4. The standard InChI is InChI=1S/C19H17N5O2/c1-13-7-9-15(10-8-13)24-12-16(21-23-24)19-20-18(26-22-19)11-14-5-3-4-6-17(14)25-2/h3-10,12H,11H2,1-2H3. The summed E-state index contributed by atoms with van der Waals surface area (Å²) >= 11 is 0. The van der Waals surface area contributed by atoms with Crippen LogP contribution in [0.1, 0.15) is 17.0 Å². The first-order valence-corrected chi connectivity index (χ1v) is 8.17. The van der Waals surface area contributed by atoms with Gasteiger partial charge in [0.25, 0.3) is 0 Å². The van der Waals surface area contributed by atoms with E-state index in [1.54, 1.807) is 18.0 Å². The third-order valence-electron chi connectivity index (χ3n) is 4.02. The number of ether oxygens (including phenoxy) is 1. The van der Waals surface area contributed by atoms with Crippen LogP contribution in [-0.2, 0) is 6.42 Å². The van der Waals surface area contributed by atoms with Crippen LogP contribution >= 0.6 is 0 Å². The van der Waals surface area contributed by atoms with E-state index in [2.05, 4.69) is 20.5 Å². The van der Waals surface area contributed by atoms with Gasteiger partial charge in [-0.1, -0.05) is 46.3 Å². The van der Waals surface area contributed by atoms with Crippen molar-refractivity contribution in [1.82, 2.24) is 25.1 Å². The molecule has 0 radical (unpaired) electrons. The summed E-state index contributed by atoms with van der Waals surface area (Å²) in [6.07, 6.45) is 2.27. The Morgan fingerprint density at radius 1 is 1.08 bits per heavy atom. The van der Waals surface area contributed by atoms with Gasteiger partial charge >= 0.3 is 0 Å². The number of nitrogens with zero attached hydrogens (tertiary/aromatic N) is 5. The number of aromatic nitrogens is 5. The highest BCUT2D eigenvalue weighted by Gasteiger charge is 2.14. The van der Waals surface area contributed by atoms with E-state index in [0.717, 1.165) is 17.0 Å². The van der Waals surface area contributed by atoms with Gasteiger partial charge in [0.2, 0.25) is 11.7 Å². The average Bonchev–Trinajstić information content (AvgIpc) is 3.32. The molecule has 0 saturated heterocycles. The van der Waals surface area contributed by atoms with Gasteiger partial charge < -0.3 is 9.26 Å². The predicted octanol–water partition coefficient (Wildman–Crippen LogP) is 3.23. The molecule has 2 aromatic heterocycles. The van der Waals surface area contributed by atoms with Crippen LogP contribution in [0.3, 0.4) is 0 Å². The van der Waals surface area contributed by atoms with Crippen LogP contribution in [0.5, 0.6) is 5.75 Å². The Bertz CT molecular complexity index is 1020. The molecule has 7 nitrogen and oxygen atoms in total. The lowest BCUT2D eigenvalue weighted by atomic mass is 10.1.